The number of hydrogen-bond donors (Lipinski definition) is 0. The maximum Gasteiger partial charge on any atom is 0.289 e. The summed E-state index contributed by atoms with van der Waals surface area (Å²) in [6, 6.07) is 3.55. The third kappa shape index (κ3) is 2.05. The summed E-state index contributed by atoms with van der Waals surface area (Å²) < 4.78 is 5.84. The van der Waals surface area contributed by atoms with Gasteiger partial charge >= 0.3 is 0 Å². The smallest absolute Gasteiger partial charge is 0.289 e. The van der Waals surface area contributed by atoms with Gasteiger partial charge in [0.2, 0.25) is 0 Å². The summed E-state index contributed by atoms with van der Waals surface area (Å²) in [4.78, 5) is 15.6. The van der Waals surface area contributed by atoms with Gasteiger partial charge in [-0.3, -0.25) is 4.79 Å². The molecule has 1 unspecified atom stereocenters. The second-order valence-corrected chi connectivity index (χ2v) is 4.93. The molecule has 0 bridgehead atoms. The lowest BCUT2D eigenvalue weighted by atomic mass is 10.3. The zero-order valence-corrected chi connectivity index (χ0v) is 11.1. The highest BCUT2D eigenvalue weighted by Gasteiger charge is 2.30. The van der Waals surface area contributed by atoms with Crippen molar-refractivity contribution >= 4 is 21.8 Å². The van der Waals surface area contributed by atoms with Gasteiger partial charge < -0.3 is 9.32 Å². The van der Waals surface area contributed by atoms with Gasteiger partial charge in [0.15, 0.2) is 10.4 Å². The van der Waals surface area contributed by atoms with Crippen molar-refractivity contribution in [3.8, 4) is 0 Å². The molecule has 1 aliphatic rings. The third-order valence-electron chi connectivity index (χ3n) is 3.00. The molecule has 1 aliphatic heterocycles. The largest absolute Gasteiger partial charge is 0.444 e. The topological polar surface area (TPSA) is 64.2 Å². The number of furan rings is 1. The highest BCUT2D eigenvalue weighted by Crippen LogP contribution is 2.23. The van der Waals surface area contributed by atoms with Crippen LogP contribution >= 0.6 is 15.9 Å². The summed E-state index contributed by atoms with van der Waals surface area (Å²) in [7, 11) is 0. The molecular formula is C11H11BrN4O2. The van der Waals surface area contributed by atoms with E-state index in [1.807, 2.05) is 0 Å². The van der Waals surface area contributed by atoms with E-state index in [-0.39, 0.29) is 11.9 Å². The quantitative estimate of drug-likeness (QED) is 0.847. The lowest BCUT2D eigenvalue weighted by molar-refractivity contribution is 0.0753. The number of halogens is 1. The molecule has 0 radical (unpaired) electrons. The molecule has 6 nitrogen and oxygen atoms in total. The number of amides is 1. The predicted molar refractivity (Wildman–Crippen MR) is 66.0 cm³/mol. The first kappa shape index (κ1) is 11.5. The molecule has 0 aliphatic carbocycles. The number of carbonyl (C=O) groups excluding carboxylic acids is 1. The standard InChI is InChI=1S/C11H11BrN4O2/c12-10-2-1-9(18-10)11(17)15-6-3-8(7-15)16-13-4-5-14-16/h1-2,4-5,8H,3,6-7H2. The van der Waals surface area contributed by atoms with Crippen molar-refractivity contribution in [1.29, 1.82) is 0 Å². The summed E-state index contributed by atoms with van der Waals surface area (Å²) >= 11 is 3.19. The molecule has 0 N–H and O–H groups in total. The van der Waals surface area contributed by atoms with E-state index in [1.165, 1.54) is 0 Å². The zero-order chi connectivity index (χ0) is 12.5. The van der Waals surface area contributed by atoms with Crippen LogP contribution in [0.5, 0.6) is 0 Å². The second kappa shape index (κ2) is 4.56. The fraction of sp³-hybridized carbons (Fsp3) is 0.364. The Morgan fingerprint density at radius 3 is 2.83 bits per heavy atom. The maximum absolute atomic E-state index is 12.1. The molecule has 3 heterocycles. The van der Waals surface area contributed by atoms with Crippen molar-refractivity contribution in [3.63, 3.8) is 0 Å². The van der Waals surface area contributed by atoms with Crippen molar-refractivity contribution in [3.05, 3.63) is 35.0 Å². The first-order valence-corrected chi connectivity index (χ1v) is 6.44. The van der Waals surface area contributed by atoms with Crippen LogP contribution in [0.4, 0.5) is 0 Å². The second-order valence-electron chi connectivity index (χ2n) is 4.15. The molecule has 7 heteroatoms. The fourth-order valence-corrected chi connectivity index (χ4v) is 2.42. The van der Waals surface area contributed by atoms with Gasteiger partial charge in [0, 0.05) is 13.1 Å². The van der Waals surface area contributed by atoms with Gasteiger partial charge in [-0.2, -0.15) is 15.0 Å². The zero-order valence-electron chi connectivity index (χ0n) is 9.49. The van der Waals surface area contributed by atoms with Gasteiger partial charge in [-0.15, -0.1) is 0 Å². The molecule has 1 fully saturated rings. The van der Waals surface area contributed by atoms with Crippen LogP contribution in [-0.4, -0.2) is 38.9 Å². The molecule has 0 saturated carbocycles. The first-order valence-electron chi connectivity index (χ1n) is 5.64. The number of carbonyl (C=O) groups is 1. The maximum atomic E-state index is 12.1. The van der Waals surface area contributed by atoms with Crippen LogP contribution in [0.1, 0.15) is 23.0 Å². The summed E-state index contributed by atoms with van der Waals surface area (Å²) in [6.45, 7) is 1.31. The minimum Gasteiger partial charge on any atom is -0.444 e. The Kier molecular flexibility index (Phi) is 2.91. The summed E-state index contributed by atoms with van der Waals surface area (Å²) in [6.07, 6.45) is 4.16. The van der Waals surface area contributed by atoms with E-state index in [4.69, 9.17) is 4.42 Å². The van der Waals surface area contributed by atoms with E-state index in [0.29, 0.717) is 23.5 Å². The van der Waals surface area contributed by atoms with Gasteiger partial charge in [-0.25, -0.2) is 0 Å². The van der Waals surface area contributed by atoms with Crippen LogP contribution in [0.25, 0.3) is 0 Å². The average molecular weight is 311 g/mol. The Bertz CT molecular complexity index is 551. The molecule has 1 saturated heterocycles. The Labute approximate surface area is 112 Å². The Balaban J connectivity index is 1.70. The summed E-state index contributed by atoms with van der Waals surface area (Å²) in [5.74, 6) is 0.270. The normalized spacial score (nSPS) is 19.4. The van der Waals surface area contributed by atoms with Crippen molar-refractivity contribution < 1.29 is 9.21 Å². The molecule has 1 amide bonds. The van der Waals surface area contributed by atoms with E-state index in [9.17, 15) is 4.79 Å². The molecule has 3 rings (SSSR count). The van der Waals surface area contributed by atoms with Crippen molar-refractivity contribution in [1.82, 2.24) is 19.9 Å². The average Bonchev–Trinajstić information content (AvgIpc) is 3.09. The van der Waals surface area contributed by atoms with E-state index in [0.717, 1.165) is 6.42 Å². The van der Waals surface area contributed by atoms with E-state index >= 15 is 0 Å². The number of rotatable bonds is 2. The van der Waals surface area contributed by atoms with E-state index in [1.54, 1.807) is 34.2 Å². The van der Waals surface area contributed by atoms with Crippen LogP contribution in [0.2, 0.25) is 0 Å². The molecule has 0 aromatic carbocycles. The van der Waals surface area contributed by atoms with Crippen LogP contribution in [0.15, 0.2) is 33.6 Å². The highest BCUT2D eigenvalue weighted by molar-refractivity contribution is 9.10. The Morgan fingerprint density at radius 1 is 1.39 bits per heavy atom. The Morgan fingerprint density at radius 2 is 2.17 bits per heavy atom. The summed E-state index contributed by atoms with van der Waals surface area (Å²) in [5, 5.41) is 8.21. The Hall–Kier alpha value is -1.63. The third-order valence-corrected chi connectivity index (χ3v) is 3.42. The van der Waals surface area contributed by atoms with Crippen LogP contribution in [-0.2, 0) is 0 Å². The van der Waals surface area contributed by atoms with Gasteiger partial charge in [0.1, 0.15) is 0 Å². The lowest BCUT2D eigenvalue weighted by Crippen LogP contribution is -2.29. The van der Waals surface area contributed by atoms with Crippen molar-refractivity contribution in [2.45, 2.75) is 12.5 Å². The molecule has 2 aromatic heterocycles. The van der Waals surface area contributed by atoms with E-state index in [2.05, 4.69) is 26.1 Å². The number of hydrogen-bond acceptors (Lipinski definition) is 4. The van der Waals surface area contributed by atoms with Crippen LogP contribution in [0.3, 0.4) is 0 Å². The van der Waals surface area contributed by atoms with Crippen molar-refractivity contribution in [2.75, 3.05) is 13.1 Å². The lowest BCUT2D eigenvalue weighted by Gasteiger charge is -2.14. The van der Waals surface area contributed by atoms with Crippen LogP contribution in [0, 0.1) is 0 Å². The summed E-state index contributed by atoms with van der Waals surface area (Å²) in [5.41, 5.74) is 0. The highest BCUT2D eigenvalue weighted by atomic mass is 79.9. The first-order chi connectivity index (χ1) is 8.74. The van der Waals surface area contributed by atoms with Gasteiger partial charge in [-0.05, 0) is 34.5 Å². The van der Waals surface area contributed by atoms with E-state index < -0.39 is 0 Å². The molecule has 2 aromatic rings. The monoisotopic (exact) mass is 310 g/mol. The SMILES string of the molecule is O=C(c1ccc(Br)o1)N1CCC(n2nccn2)C1. The predicted octanol–water partition coefficient (Wildman–Crippen LogP) is 1.72. The molecule has 1 atom stereocenters. The molecular weight excluding hydrogens is 300 g/mol. The number of aromatic nitrogens is 3. The fourth-order valence-electron chi connectivity index (χ4n) is 2.11. The van der Waals surface area contributed by atoms with Gasteiger partial charge in [0.25, 0.3) is 5.91 Å². The number of likely N-dealkylation sites (tertiary alicyclic amines) is 1. The van der Waals surface area contributed by atoms with Crippen LogP contribution < -0.4 is 0 Å². The minimum absolute atomic E-state index is 0.0876. The molecule has 18 heavy (non-hydrogen) atoms. The van der Waals surface area contributed by atoms with Gasteiger partial charge in [0.05, 0.1) is 18.4 Å². The minimum atomic E-state index is -0.0876. The molecule has 0 spiro atoms. The molecule has 94 valence electrons. The number of nitrogens with zero attached hydrogens (tertiary/aromatic N) is 4. The van der Waals surface area contributed by atoms with Crippen molar-refractivity contribution in [2.24, 2.45) is 0 Å². The van der Waals surface area contributed by atoms with Gasteiger partial charge in [-0.1, -0.05) is 0 Å².